The lowest BCUT2D eigenvalue weighted by molar-refractivity contribution is -0.140. The van der Waals surface area contributed by atoms with E-state index in [9.17, 15) is 14.4 Å². The van der Waals surface area contributed by atoms with Crippen molar-refractivity contribution in [2.75, 3.05) is 11.9 Å². The summed E-state index contributed by atoms with van der Waals surface area (Å²) in [6, 6.07) is 0. The summed E-state index contributed by atoms with van der Waals surface area (Å²) in [6.45, 7) is 0.154. The average Bonchev–Trinajstić information content (AvgIpc) is 3.16. The van der Waals surface area contributed by atoms with Crippen LogP contribution in [0.2, 0.25) is 0 Å². The van der Waals surface area contributed by atoms with Crippen molar-refractivity contribution in [1.29, 1.82) is 0 Å². The molecule has 2 heterocycles. The average molecular weight is 331 g/mol. The number of anilines is 1. The van der Waals surface area contributed by atoms with E-state index in [0.717, 1.165) is 12.8 Å². The number of nitrogens with one attached hydrogen (secondary N) is 1. The van der Waals surface area contributed by atoms with Gasteiger partial charge in [-0.3, -0.25) is 19.3 Å². The zero-order valence-corrected chi connectivity index (χ0v) is 13.3. The molecular weight excluding hydrogens is 314 g/mol. The van der Waals surface area contributed by atoms with Crippen molar-refractivity contribution in [1.82, 2.24) is 9.88 Å². The van der Waals surface area contributed by atoms with Crippen molar-refractivity contribution >= 4 is 34.2 Å². The van der Waals surface area contributed by atoms with Gasteiger partial charge in [-0.05, 0) is 24.7 Å². The predicted molar refractivity (Wildman–Crippen MR) is 84.4 cm³/mol. The molecule has 0 radical (unpaired) electrons. The summed E-state index contributed by atoms with van der Waals surface area (Å²) < 4.78 is 0. The number of rotatable bonds is 4. The Bertz CT molecular complexity index is 653. The van der Waals surface area contributed by atoms with Crippen molar-refractivity contribution in [3.8, 4) is 0 Å². The van der Waals surface area contributed by atoms with Gasteiger partial charge < -0.3 is 5.32 Å². The third kappa shape index (κ3) is 2.39. The molecule has 1 saturated heterocycles. The summed E-state index contributed by atoms with van der Waals surface area (Å²) in [4.78, 5) is 42.4. The molecule has 5 rings (SSSR count). The maximum absolute atomic E-state index is 12.6. The Labute approximate surface area is 137 Å². The standard InChI is InChI=1S/C16H17N3O3S/c20-11(18-16-17-6-8-23-16)5-7-19-14(21)12-9-1-2-10(4-3-9)13(12)15(19)22/h1-2,6,8-10,12-13H,3-5,7H2,(H,17,18,20)/t9-,10-,12-,13-/m0/s1. The number of carbonyl (C=O) groups excluding carboxylic acids is 3. The molecule has 1 N–H and O–H groups in total. The molecule has 4 atom stereocenters. The molecule has 23 heavy (non-hydrogen) atoms. The van der Waals surface area contributed by atoms with Crippen molar-refractivity contribution in [3.05, 3.63) is 23.7 Å². The number of hydrogen-bond donors (Lipinski definition) is 1. The van der Waals surface area contributed by atoms with Crippen LogP contribution in [0, 0.1) is 23.7 Å². The first-order valence-corrected chi connectivity index (χ1v) is 8.76. The molecule has 7 heteroatoms. The summed E-state index contributed by atoms with van der Waals surface area (Å²) in [6.07, 6.45) is 7.89. The maximum atomic E-state index is 12.6. The Kier molecular flexibility index (Phi) is 3.52. The summed E-state index contributed by atoms with van der Waals surface area (Å²) >= 11 is 1.34. The molecule has 1 aromatic rings. The number of allylic oxidation sites excluding steroid dienone is 2. The minimum atomic E-state index is -0.225. The zero-order chi connectivity index (χ0) is 16.0. The fourth-order valence-electron chi connectivity index (χ4n) is 4.04. The van der Waals surface area contributed by atoms with E-state index in [1.165, 1.54) is 16.2 Å². The lowest BCUT2D eigenvalue weighted by Gasteiger charge is -2.38. The predicted octanol–water partition coefficient (Wildman–Crippen LogP) is 1.67. The second-order valence-corrected chi connectivity index (χ2v) is 7.20. The quantitative estimate of drug-likeness (QED) is 0.672. The van der Waals surface area contributed by atoms with Crippen LogP contribution in [0.15, 0.2) is 23.7 Å². The van der Waals surface area contributed by atoms with E-state index in [1.807, 2.05) is 0 Å². The number of amides is 3. The minimum Gasteiger partial charge on any atom is -0.302 e. The number of aromatic nitrogens is 1. The topological polar surface area (TPSA) is 79.4 Å². The number of nitrogens with zero attached hydrogens (tertiary/aromatic N) is 2. The summed E-state index contributed by atoms with van der Waals surface area (Å²) in [5.41, 5.74) is 0. The van der Waals surface area contributed by atoms with Gasteiger partial charge in [-0.25, -0.2) is 4.98 Å². The molecule has 2 fully saturated rings. The Morgan fingerprint density at radius 1 is 1.22 bits per heavy atom. The van der Waals surface area contributed by atoms with E-state index >= 15 is 0 Å². The van der Waals surface area contributed by atoms with Gasteiger partial charge in [0, 0.05) is 24.5 Å². The molecule has 3 aliphatic carbocycles. The minimum absolute atomic E-state index is 0.0962. The molecule has 1 aliphatic heterocycles. The normalized spacial score (nSPS) is 31.6. The lowest BCUT2D eigenvalue weighted by atomic mass is 9.63. The molecule has 1 saturated carbocycles. The van der Waals surface area contributed by atoms with E-state index in [2.05, 4.69) is 22.5 Å². The van der Waals surface area contributed by atoms with Crippen LogP contribution in [-0.2, 0) is 14.4 Å². The highest BCUT2D eigenvalue weighted by Gasteiger charge is 2.56. The first kappa shape index (κ1) is 14.6. The van der Waals surface area contributed by atoms with Gasteiger partial charge in [-0.15, -0.1) is 11.3 Å². The van der Waals surface area contributed by atoms with Gasteiger partial charge in [-0.1, -0.05) is 12.2 Å². The third-order valence-electron chi connectivity index (χ3n) is 5.09. The molecule has 0 unspecified atom stereocenters. The fourth-order valence-corrected chi connectivity index (χ4v) is 4.58. The van der Waals surface area contributed by atoms with Crippen LogP contribution in [0.1, 0.15) is 19.3 Å². The SMILES string of the molecule is O=C(CCN1C(=O)[C@@H]2[C@@H](C1=O)[C@H]1C=C[C@H]2CC1)Nc1nccs1. The van der Waals surface area contributed by atoms with Crippen LogP contribution in [-0.4, -0.2) is 34.2 Å². The molecule has 4 aliphatic rings. The summed E-state index contributed by atoms with van der Waals surface area (Å²) in [5.74, 6) is -0.438. The molecule has 0 aromatic carbocycles. The number of hydrogen-bond acceptors (Lipinski definition) is 5. The highest BCUT2D eigenvalue weighted by atomic mass is 32.1. The molecule has 0 spiro atoms. The van der Waals surface area contributed by atoms with Crippen molar-refractivity contribution in [3.63, 3.8) is 0 Å². The van der Waals surface area contributed by atoms with Crippen molar-refractivity contribution in [2.45, 2.75) is 19.3 Å². The van der Waals surface area contributed by atoms with E-state index in [4.69, 9.17) is 0 Å². The zero-order valence-electron chi connectivity index (χ0n) is 12.5. The lowest BCUT2D eigenvalue weighted by Crippen LogP contribution is -2.38. The Morgan fingerprint density at radius 2 is 1.87 bits per heavy atom. The monoisotopic (exact) mass is 331 g/mol. The highest BCUT2D eigenvalue weighted by Crippen LogP contribution is 2.49. The third-order valence-corrected chi connectivity index (χ3v) is 5.78. The van der Waals surface area contributed by atoms with Crippen LogP contribution >= 0.6 is 11.3 Å². The van der Waals surface area contributed by atoms with Gasteiger partial charge in [0.2, 0.25) is 17.7 Å². The van der Waals surface area contributed by atoms with E-state index < -0.39 is 0 Å². The first-order chi connectivity index (χ1) is 11.1. The number of imide groups is 1. The van der Waals surface area contributed by atoms with Gasteiger partial charge in [0.25, 0.3) is 0 Å². The molecule has 1 aromatic heterocycles. The van der Waals surface area contributed by atoms with Crippen LogP contribution in [0.25, 0.3) is 0 Å². The first-order valence-electron chi connectivity index (χ1n) is 7.88. The van der Waals surface area contributed by atoms with E-state index in [0.29, 0.717) is 5.13 Å². The van der Waals surface area contributed by atoms with Crippen LogP contribution in [0.3, 0.4) is 0 Å². The number of carbonyl (C=O) groups is 3. The van der Waals surface area contributed by atoms with Crippen LogP contribution < -0.4 is 5.32 Å². The fraction of sp³-hybridized carbons (Fsp3) is 0.500. The van der Waals surface area contributed by atoms with Gasteiger partial charge in [0.15, 0.2) is 5.13 Å². The molecular formula is C16H17N3O3S. The molecule has 3 amide bonds. The van der Waals surface area contributed by atoms with Gasteiger partial charge in [0.1, 0.15) is 0 Å². The Morgan fingerprint density at radius 3 is 2.39 bits per heavy atom. The summed E-state index contributed by atoms with van der Waals surface area (Å²) in [7, 11) is 0. The smallest absolute Gasteiger partial charge is 0.233 e. The van der Waals surface area contributed by atoms with E-state index in [-0.39, 0.29) is 54.4 Å². The second kappa shape index (κ2) is 5.56. The molecule has 120 valence electrons. The van der Waals surface area contributed by atoms with Crippen LogP contribution in [0.5, 0.6) is 0 Å². The van der Waals surface area contributed by atoms with Crippen LogP contribution in [0.4, 0.5) is 5.13 Å². The van der Waals surface area contributed by atoms with Gasteiger partial charge >= 0.3 is 0 Å². The number of likely N-dealkylation sites (tertiary alicyclic amines) is 1. The second-order valence-electron chi connectivity index (χ2n) is 6.31. The molecule has 6 nitrogen and oxygen atoms in total. The largest absolute Gasteiger partial charge is 0.302 e. The van der Waals surface area contributed by atoms with E-state index in [1.54, 1.807) is 11.6 Å². The maximum Gasteiger partial charge on any atom is 0.233 e. The summed E-state index contributed by atoms with van der Waals surface area (Å²) in [5, 5.41) is 4.98. The van der Waals surface area contributed by atoms with Crippen molar-refractivity contribution < 1.29 is 14.4 Å². The molecule has 2 bridgehead atoms. The highest BCUT2D eigenvalue weighted by molar-refractivity contribution is 7.13. The van der Waals surface area contributed by atoms with Gasteiger partial charge in [0.05, 0.1) is 11.8 Å². The number of thiazole rings is 1. The van der Waals surface area contributed by atoms with Gasteiger partial charge in [-0.2, -0.15) is 0 Å². The number of fused-ring (bicyclic) bond motifs is 1. The Balaban J connectivity index is 1.41. The Hall–Kier alpha value is -2.02. The van der Waals surface area contributed by atoms with Crippen molar-refractivity contribution in [2.24, 2.45) is 23.7 Å².